The molecule has 4 nitrogen and oxygen atoms in total. The Morgan fingerprint density at radius 3 is 2.52 bits per heavy atom. The van der Waals surface area contributed by atoms with Gasteiger partial charge in [0.1, 0.15) is 11.4 Å². The summed E-state index contributed by atoms with van der Waals surface area (Å²) in [5.74, 6) is -0.777. The molecule has 0 saturated heterocycles. The molecule has 21 heavy (non-hydrogen) atoms. The zero-order chi connectivity index (χ0) is 14.8. The highest BCUT2D eigenvalue weighted by molar-refractivity contribution is 5.94. The number of carboxylic acids is 1. The lowest BCUT2D eigenvalue weighted by Gasteiger charge is -2.09. The fourth-order valence-electron chi connectivity index (χ4n) is 2.77. The van der Waals surface area contributed by atoms with Gasteiger partial charge in [-0.1, -0.05) is 24.3 Å². The number of aromatic carboxylic acids is 1. The number of hydrogen-bond acceptors (Lipinski definition) is 3. The number of benzene rings is 1. The molecule has 2 aromatic rings. The van der Waals surface area contributed by atoms with E-state index in [0.717, 1.165) is 36.0 Å². The molecule has 1 aliphatic carbocycles. The molecule has 0 atom stereocenters. The number of rotatable bonds is 3. The van der Waals surface area contributed by atoms with Gasteiger partial charge >= 0.3 is 5.97 Å². The van der Waals surface area contributed by atoms with Crippen molar-refractivity contribution >= 4 is 17.1 Å². The molecule has 0 radical (unpaired) electrons. The summed E-state index contributed by atoms with van der Waals surface area (Å²) in [4.78, 5) is 15.3. The summed E-state index contributed by atoms with van der Waals surface area (Å²) in [5.41, 5.74) is 3.63. The minimum Gasteiger partial charge on any atom is -0.507 e. The number of para-hydroxylation sites is 1. The molecular formula is C17H15NO3. The van der Waals surface area contributed by atoms with Crippen molar-refractivity contribution in [1.29, 1.82) is 0 Å². The van der Waals surface area contributed by atoms with Crippen LogP contribution in [0.5, 0.6) is 5.75 Å². The summed E-state index contributed by atoms with van der Waals surface area (Å²) in [7, 11) is 0. The second kappa shape index (κ2) is 5.40. The van der Waals surface area contributed by atoms with Crippen LogP contribution in [0.15, 0.2) is 42.5 Å². The lowest BCUT2D eigenvalue weighted by molar-refractivity contribution is 0.0690. The van der Waals surface area contributed by atoms with Crippen molar-refractivity contribution in [3.8, 4) is 5.75 Å². The maximum absolute atomic E-state index is 11.1. The predicted octanol–water partition coefficient (Wildman–Crippen LogP) is 3.58. The summed E-state index contributed by atoms with van der Waals surface area (Å²) >= 11 is 0. The molecule has 0 saturated carbocycles. The molecular weight excluding hydrogens is 266 g/mol. The zero-order valence-corrected chi connectivity index (χ0v) is 11.4. The van der Waals surface area contributed by atoms with Gasteiger partial charge in [-0.15, -0.1) is 0 Å². The first-order chi connectivity index (χ1) is 10.2. The van der Waals surface area contributed by atoms with Gasteiger partial charge in [0.2, 0.25) is 0 Å². The van der Waals surface area contributed by atoms with Crippen LogP contribution in [-0.4, -0.2) is 21.2 Å². The van der Waals surface area contributed by atoms with E-state index < -0.39 is 5.97 Å². The molecule has 3 rings (SSSR count). The third-order valence-electron chi connectivity index (χ3n) is 3.72. The van der Waals surface area contributed by atoms with Gasteiger partial charge in [0.25, 0.3) is 0 Å². The Balaban J connectivity index is 2.11. The minimum absolute atomic E-state index is 0.0449. The first-order valence-electron chi connectivity index (χ1n) is 6.88. The third kappa shape index (κ3) is 2.52. The summed E-state index contributed by atoms with van der Waals surface area (Å²) < 4.78 is 0. The number of aromatic nitrogens is 1. The molecule has 1 aromatic carbocycles. The van der Waals surface area contributed by atoms with E-state index in [4.69, 9.17) is 5.11 Å². The highest BCUT2D eigenvalue weighted by Gasteiger charge is 2.21. The SMILES string of the molecule is O=C(O)c1cccc(C2=C(c3ccccc3O)CCC2)n1. The summed E-state index contributed by atoms with van der Waals surface area (Å²) in [5, 5.41) is 19.1. The fraction of sp³-hybridized carbons (Fsp3) is 0.176. The van der Waals surface area contributed by atoms with Crippen LogP contribution < -0.4 is 0 Å². The molecule has 1 heterocycles. The Morgan fingerprint density at radius 2 is 1.76 bits per heavy atom. The van der Waals surface area contributed by atoms with Gasteiger partial charge in [-0.2, -0.15) is 0 Å². The number of hydrogen-bond donors (Lipinski definition) is 2. The Hall–Kier alpha value is -2.62. The van der Waals surface area contributed by atoms with E-state index in [-0.39, 0.29) is 11.4 Å². The second-order valence-electron chi connectivity index (χ2n) is 5.04. The predicted molar refractivity (Wildman–Crippen MR) is 80.0 cm³/mol. The van der Waals surface area contributed by atoms with E-state index in [0.29, 0.717) is 5.69 Å². The van der Waals surface area contributed by atoms with Gasteiger partial charge in [-0.05, 0) is 48.6 Å². The molecule has 106 valence electrons. The molecule has 4 heteroatoms. The van der Waals surface area contributed by atoms with Gasteiger partial charge < -0.3 is 10.2 Å². The number of allylic oxidation sites excluding steroid dienone is 2. The standard InChI is InChI=1S/C17H15NO3/c19-16-10-2-1-5-13(16)11-6-3-7-12(11)14-8-4-9-15(18-14)17(20)21/h1-2,4-5,8-10,19H,3,6-7H2,(H,20,21). The van der Waals surface area contributed by atoms with Crippen molar-refractivity contribution in [2.24, 2.45) is 0 Å². The van der Waals surface area contributed by atoms with Crippen LogP contribution in [0.2, 0.25) is 0 Å². The number of aromatic hydroxyl groups is 1. The quantitative estimate of drug-likeness (QED) is 0.902. The van der Waals surface area contributed by atoms with E-state index in [2.05, 4.69) is 4.98 Å². The normalized spacial score (nSPS) is 14.5. The molecule has 0 spiro atoms. The second-order valence-corrected chi connectivity index (χ2v) is 5.04. The molecule has 0 aliphatic heterocycles. The molecule has 0 fully saturated rings. The lowest BCUT2D eigenvalue weighted by atomic mass is 9.99. The summed E-state index contributed by atoms with van der Waals surface area (Å²) in [6, 6.07) is 12.3. The average Bonchev–Trinajstić information content (AvgIpc) is 2.97. The number of carbonyl (C=O) groups is 1. The number of phenolic OH excluding ortho intramolecular Hbond substituents is 1. The topological polar surface area (TPSA) is 70.4 Å². The highest BCUT2D eigenvalue weighted by Crippen LogP contribution is 2.41. The van der Waals surface area contributed by atoms with E-state index in [9.17, 15) is 9.90 Å². The van der Waals surface area contributed by atoms with Crippen LogP contribution in [0.4, 0.5) is 0 Å². The van der Waals surface area contributed by atoms with Crippen LogP contribution in [-0.2, 0) is 0 Å². The number of carboxylic acid groups (broad SMARTS) is 1. The summed E-state index contributed by atoms with van der Waals surface area (Å²) in [6.07, 6.45) is 2.70. The van der Waals surface area contributed by atoms with Crippen molar-refractivity contribution in [2.75, 3.05) is 0 Å². The van der Waals surface area contributed by atoms with Crippen molar-refractivity contribution in [3.05, 3.63) is 59.4 Å². The molecule has 1 aromatic heterocycles. The van der Waals surface area contributed by atoms with Crippen molar-refractivity contribution < 1.29 is 15.0 Å². The zero-order valence-electron chi connectivity index (χ0n) is 11.4. The van der Waals surface area contributed by atoms with Gasteiger partial charge in [-0.3, -0.25) is 0 Å². The maximum Gasteiger partial charge on any atom is 0.354 e. The minimum atomic E-state index is -1.03. The van der Waals surface area contributed by atoms with Crippen molar-refractivity contribution in [1.82, 2.24) is 4.98 Å². The van der Waals surface area contributed by atoms with Gasteiger partial charge in [0.05, 0.1) is 5.69 Å². The smallest absolute Gasteiger partial charge is 0.354 e. The van der Waals surface area contributed by atoms with Gasteiger partial charge in [-0.25, -0.2) is 9.78 Å². The van der Waals surface area contributed by atoms with E-state index in [1.807, 2.05) is 18.2 Å². The molecule has 0 unspecified atom stereocenters. The Bertz CT molecular complexity index is 734. The Morgan fingerprint density at radius 1 is 1.00 bits per heavy atom. The molecule has 0 amide bonds. The van der Waals surface area contributed by atoms with Crippen LogP contribution in [0.3, 0.4) is 0 Å². The lowest BCUT2D eigenvalue weighted by Crippen LogP contribution is -2.02. The van der Waals surface area contributed by atoms with E-state index in [1.165, 1.54) is 6.07 Å². The first-order valence-corrected chi connectivity index (χ1v) is 6.88. The van der Waals surface area contributed by atoms with Gasteiger partial charge in [0, 0.05) is 5.56 Å². The highest BCUT2D eigenvalue weighted by atomic mass is 16.4. The Labute approximate surface area is 122 Å². The maximum atomic E-state index is 11.1. The van der Waals surface area contributed by atoms with Crippen LogP contribution in [0.25, 0.3) is 11.1 Å². The summed E-state index contributed by atoms with van der Waals surface area (Å²) in [6.45, 7) is 0. The van der Waals surface area contributed by atoms with Crippen LogP contribution in [0, 0.1) is 0 Å². The molecule has 1 aliphatic rings. The largest absolute Gasteiger partial charge is 0.507 e. The average molecular weight is 281 g/mol. The van der Waals surface area contributed by atoms with Gasteiger partial charge in [0.15, 0.2) is 0 Å². The number of phenols is 1. The van der Waals surface area contributed by atoms with Crippen LogP contribution >= 0.6 is 0 Å². The third-order valence-corrected chi connectivity index (χ3v) is 3.72. The van der Waals surface area contributed by atoms with Crippen LogP contribution in [0.1, 0.15) is 41.0 Å². The fourth-order valence-corrected chi connectivity index (χ4v) is 2.77. The molecule has 2 N–H and O–H groups in total. The van der Waals surface area contributed by atoms with Crippen molar-refractivity contribution in [2.45, 2.75) is 19.3 Å². The number of nitrogens with zero attached hydrogens (tertiary/aromatic N) is 1. The van der Waals surface area contributed by atoms with Crippen molar-refractivity contribution in [3.63, 3.8) is 0 Å². The molecule has 0 bridgehead atoms. The van der Waals surface area contributed by atoms with E-state index >= 15 is 0 Å². The monoisotopic (exact) mass is 281 g/mol. The Kier molecular flexibility index (Phi) is 3.44. The first kappa shape index (κ1) is 13.4. The van der Waals surface area contributed by atoms with E-state index in [1.54, 1.807) is 18.2 Å². The number of pyridine rings is 1.